The van der Waals surface area contributed by atoms with Gasteiger partial charge in [0.2, 0.25) is 0 Å². The number of carbonyl (C=O) groups is 1. The monoisotopic (exact) mass is 368 g/mol. The van der Waals surface area contributed by atoms with E-state index >= 15 is 0 Å². The van der Waals surface area contributed by atoms with Gasteiger partial charge in [0.05, 0.1) is 5.57 Å². The Morgan fingerprint density at radius 2 is 1.74 bits per heavy atom. The number of carboxylic acids is 1. The number of aliphatic carboxylic acids is 1. The lowest BCUT2D eigenvalue weighted by atomic mass is 9.77. The van der Waals surface area contributed by atoms with E-state index in [1.54, 1.807) is 6.08 Å². The average Bonchev–Trinajstić information content (AvgIpc) is 2.69. The molecule has 0 saturated heterocycles. The van der Waals surface area contributed by atoms with E-state index in [-0.39, 0.29) is 0 Å². The zero-order valence-electron chi connectivity index (χ0n) is 17.1. The van der Waals surface area contributed by atoms with Crippen molar-refractivity contribution in [2.24, 2.45) is 5.92 Å². The molecule has 1 N–H and O–H groups in total. The first-order chi connectivity index (χ1) is 13.2. The molecule has 0 aromatic heterocycles. The van der Waals surface area contributed by atoms with Gasteiger partial charge >= 0.3 is 5.97 Å². The third kappa shape index (κ3) is 7.01. The van der Waals surface area contributed by atoms with E-state index in [9.17, 15) is 9.90 Å². The third-order valence-electron chi connectivity index (χ3n) is 5.84. The highest BCUT2D eigenvalue weighted by Gasteiger charge is 2.22. The van der Waals surface area contributed by atoms with Crippen LogP contribution in [0, 0.1) is 5.92 Å². The minimum absolute atomic E-state index is 0.369. The first kappa shape index (κ1) is 21.5. The van der Waals surface area contributed by atoms with Crippen LogP contribution in [0.2, 0.25) is 0 Å². The van der Waals surface area contributed by atoms with Crippen LogP contribution in [-0.2, 0) is 4.79 Å². The van der Waals surface area contributed by atoms with Crippen LogP contribution in [0.15, 0.2) is 42.5 Å². The van der Waals surface area contributed by atoms with E-state index in [0.29, 0.717) is 11.5 Å². The van der Waals surface area contributed by atoms with Crippen LogP contribution >= 0.6 is 0 Å². The molecule has 0 heterocycles. The zero-order chi connectivity index (χ0) is 19.5. The molecule has 2 rings (SSSR count). The van der Waals surface area contributed by atoms with Crippen LogP contribution < -0.4 is 0 Å². The molecule has 27 heavy (non-hydrogen) atoms. The van der Waals surface area contributed by atoms with Gasteiger partial charge in [-0.3, -0.25) is 0 Å². The highest BCUT2D eigenvalue weighted by Crippen LogP contribution is 2.38. The largest absolute Gasteiger partial charge is 0.478 e. The van der Waals surface area contributed by atoms with Crippen molar-refractivity contribution in [3.63, 3.8) is 0 Å². The number of carboxylic acid groups (broad SMARTS) is 1. The maximum absolute atomic E-state index is 11.6. The maximum Gasteiger partial charge on any atom is 0.336 e. The molecule has 0 amide bonds. The molecule has 1 saturated carbocycles. The Kier molecular flexibility index (Phi) is 9.38. The minimum Gasteiger partial charge on any atom is -0.478 e. The quantitative estimate of drug-likeness (QED) is 0.266. The Morgan fingerprint density at radius 3 is 2.33 bits per heavy atom. The van der Waals surface area contributed by atoms with Crippen molar-refractivity contribution in [3.8, 4) is 0 Å². The summed E-state index contributed by atoms with van der Waals surface area (Å²) in [6.07, 6.45) is 18.4. The molecule has 1 aliphatic rings. The highest BCUT2D eigenvalue weighted by molar-refractivity contribution is 6.15. The second-order valence-electron chi connectivity index (χ2n) is 7.94. The maximum atomic E-state index is 11.6. The standard InChI is InChI=1S/C25H36O2/c1-3-5-7-9-11-24(25(26)27)23-18-16-22(17-19-23)21-14-12-20(13-15-21)10-8-6-4-2/h7,9,11,16-21H,3-6,8,10,12-15H2,1-2H3,(H,26,27). The molecule has 2 heteroatoms. The zero-order valence-corrected chi connectivity index (χ0v) is 17.1. The molecule has 0 radical (unpaired) electrons. The summed E-state index contributed by atoms with van der Waals surface area (Å²) in [5.41, 5.74) is 2.53. The lowest BCUT2D eigenvalue weighted by Gasteiger charge is -2.29. The highest BCUT2D eigenvalue weighted by atomic mass is 16.4. The number of benzene rings is 1. The molecule has 1 aliphatic carbocycles. The van der Waals surface area contributed by atoms with Crippen molar-refractivity contribution in [3.05, 3.63) is 53.6 Å². The van der Waals surface area contributed by atoms with Gasteiger partial charge in [0.15, 0.2) is 0 Å². The SMILES string of the molecule is CCCC=CC=C(C(=O)O)c1ccc(C2CCC(CCCCC)CC2)cc1. The van der Waals surface area contributed by atoms with Gasteiger partial charge in [-0.05, 0) is 61.1 Å². The minimum atomic E-state index is -0.864. The van der Waals surface area contributed by atoms with Crippen LogP contribution in [0.4, 0.5) is 0 Å². The summed E-state index contributed by atoms with van der Waals surface area (Å²) in [4.78, 5) is 11.6. The van der Waals surface area contributed by atoms with Crippen LogP contribution in [0.3, 0.4) is 0 Å². The van der Waals surface area contributed by atoms with Crippen molar-refractivity contribution < 1.29 is 9.90 Å². The fourth-order valence-corrected chi connectivity index (χ4v) is 4.12. The van der Waals surface area contributed by atoms with Gasteiger partial charge in [-0.2, -0.15) is 0 Å². The van der Waals surface area contributed by atoms with Gasteiger partial charge < -0.3 is 5.11 Å². The molecule has 0 unspecified atom stereocenters. The summed E-state index contributed by atoms with van der Waals surface area (Å²) in [5.74, 6) is 0.697. The number of hydrogen-bond donors (Lipinski definition) is 1. The first-order valence-electron chi connectivity index (χ1n) is 10.9. The fraction of sp³-hybridized carbons (Fsp3) is 0.560. The van der Waals surface area contributed by atoms with Gasteiger partial charge in [0.1, 0.15) is 0 Å². The molecule has 1 aromatic carbocycles. The topological polar surface area (TPSA) is 37.3 Å². The molecule has 148 valence electrons. The van der Waals surface area contributed by atoms with Gasteiger partial charge in [0.25, 0.3) is 0 Å². The number of allylic oxidation sites excluding steroid dienone is 3. The number of hydrogen-bond acceptors (Lipinski definition) is 1. The van der Waals surface area contributed by atoms with Crippen molar-refractivity contribution in [2.75, 3.05) is 0 Å². The molecule has 0 atom stereocenters. The molecule has 1 aromatic rings. The van der Waals surface area contributed by atoms with Gasteiger partial charge in [-0.25, -0.2) is 4.79 Å². The normalized spacial score (nSPS) is 20.9. The Bertz CT molecular complexity index is 616. The lowest BCUT2D eigenvalue weighted by molar-refractivity contribution is -0.130. The summed E-state index contributed by atoms with van der Waals surface area (Å²) in [5, 5.41) is 9.52. The van der Waals surface area contributed by atoms with E-state index in [4.69, 9.17) is 0 Å². The molecule has 0 bridgehead atoms. The number of rotatable bonds is 10. The predicted molar refractivity (Wildman–Crippen MR) is 115 cm³/mol. The van der Waals surface area contributed by atoms with Crippen LogP contribution in [0.25, 0.3) is 5.57 Å². The Hall–Kier alpha value is -1.83. The van der Waals surface area contributed by atoms with E-state index < -0.39 is 5.97 Å². The van der Waals surface area contributed by atoms with Crippen LogP contribution in [0.5, 0.6) is 0 Å². The summed E-state index contributed by atoms with van der Waals surface area (Å²) < 4.78 is 0. The summed E-state index contributed by atoms with van der Waals surface area (Å²) >= 11 is 0. The predicted octanol–water partition coefficient (Wildman–Crippen LogP) is 7.37. The Labute approximate surface area is 165 Å². The molecular weight excluding hydrogens is 332 g/mol. The van der Waals surface area contributed by atoms with Gasteiger partial charge in [-0.15, -0.1) is 0 Å². The van der Waals surface area contributed by atoms with Crippen molar-refractivity contribution in [2.45, 2.75) is 84.0 Å². The fourth-order valence-electron chi connectivity index (χ4n) is 4.12. The Balaban J connectivity index is 1.95. The van der Waals surface area contributed by atoms with Crippen molar-refractivity contribution in [1.82, 2.24) is 0 Å². The molecule has 0 spiro atoms. The van der Waals surface area contributed by atoms with E-state index in [1.165, 1.54) is 56.9 Å². The van der Waals surface area contributed by atoms with Crippen LogP contribution in [0.1, 0.15) is 95.1 Å². The summed E-state index contributed by atoms with van der Waals surface area (Å²) in [6.45, 7) is 4.39. The third-order valence-corrected chi connectivity index (χ3v) is 5.84. The molecule has 0 aliphatic heterocycles. The summed E-state index contributed by atoms with van der Waals surface area (Å²) in [7, 11) is 0. The van der Waals surface area contributed by atoms with Crippen molar-refractivity contribution >= 4 is 11.5 Å². The second-order valence-corrected chi connectivity index (χ2v) is 7.94. The smallest absolute Gasteiger partial charge is 0.336 e. The van der Waals surface area contributed by atoms with Crippen LogP contribution in [-0.4, -0.2) is 11.1 Å². The summed E-state index contributed by atoms with van der Waals surface area (Å²) in [6, 6.07) is 8.25. The van der Waals surface area contributed by atoms with E-state index in [2.05, 4.69) is 26.0 Å². The molecule has 2 nitrogen and oxygen atoms in total. The second kappa shape index (κ2) is 11.8. The average molecular weight is 369 g/mol. The number of unbranched alkanes of at least 4 members (excludes halogenated alkanes) is 3. The molecule has 1 fully saturated rings. The van der Waals surface area contributed by atoms with Gasteiger partial charge in [0, 0.05) is 0 Å². The van der Waals surface area contributed by atoms with Crippen molar-refractivity contribution in [1.29, 1.82) is 0 Å². The molecular formula is C25H36O2. The van der Waals surface area contributed by atoms with Gasteiger partial charge in [-0.1, -0.05) is 82.4 Å². The lowest BCUT2D eigenvalue weighted by Crippen LogP contribution is -2.13. The van der Waals surface area contributed by atoms with E-state index in [1.807, 2.05) is 24.3 Å². The first-order valence-corrected chi connectivity index (χ1v) is 10.9. The van der Waals surface area contributed by atoms with E-state index in [0.717, 1.165) is 24.3 Å². The Morgan fingerprint density at radius 1 is 1.04 bits per heavy atom.